The van der Waals surface area contributed by atoms with Gasteiger partial charge in [0.1, 0.15) is 17.3 Å². The molecule has 0 aliphatic carbocycles. The minimum Gasteiger partial charge on any atom is -0.382 e. The van der Waals surface area contributed by atoms with E-state index in [1.165, 1.54) is 12.4 Å². The summed E-state index contributed by atoms with van der Waals surface area (Å²) in [5, 5.41) is 2.63. The largest absolute Gasteiger partial charge is 0.382 e. The first-order valence-electron chi connectivity index (χ1n) is 5.07. The summed E-state index contributed by atoms with van der Waals surface area (Å²) in [6.07, 6.45) is 4.27. The monoisotopic (exact) mass is 307 g/mol. The summed E-state index contributed by atoms with van der Waals surface area (Å²) in [4.78, 5) is 23.6. The Bertz CT molecular complexity index is 584. The highest BCUT2D eigenvalue weighted by molar-refractivity contribution is 9.10. The summed E-state index contributed by atoms with van der Waals surface area (Å²) in [6.45, 7) is 1.91. The van der Waals surface area contributed by atoms with Crippen molar-refractivity contribution in [3.8, 4) is 0 Å². The Morgan fingerprint density at radius 2 is 2.06 bits per heavy atom. The van der Waals surface area contributed by atoms with Gasteiger partial charge >= 0.3 is 0 Å². The molecule has 0 spiro atoms. The molecule has 0 atom stereocenters. The number of aryl methyl sites for hydroxylation is 1. The van der Waals surface area contributed by atoms with E-state index in [9.17, 15) is 4.79 Å². The number of nitrogens with one attached hydrogen (secondary N) is 1. The quantitative estimate of drug-likeness (QED) is 0.882. The van der Waals surface area contributed by atoms with E-state index in [1.54, 1.807) is 12.3 Å². The molecular weight excluding hydrogens is 298 g/mol. The maximum Gasteiger partial charge on any atom is 0.277 e. The van der Waals surface area contributed by atoms with Crippen LogP contribution in [-0.2, 0) is 0 Å². The van der Waals surface area contributed by atoms with E-state index in [-0.39, 0.29) is 17.4 Å². The summed E-state index contributed by atoms with van der Waals surface area (Å²) in [6, 6.07) is 1.76. The smallest absolute Gasteiger partial charge is 0.277 e. The number of amides is 1. The maximum absolute atomic E-state index is 11.8. The molecule has 6 nitrogen and oxygen atoms in total. The fraction of sp³-hybridized carbons (Fsp3) is 0.0909. The fourth-order valence-electron chi connectivity index (χ4n) is 1.24. The van der Waals surface area contributed by atoms with Gasteiger partial charge in [0.05, 0.1) is 12.4 Å². The Kier molecular flexibility index (Phi) is 3.52. The molecule has 0 fully saturated rings. The van der Waals surface area contributed by atoms with Crippen LogP contribution in [0.15, 0.2) is 29.1 Å². The number of carbonyl (C=O) groups excluding carboxylic acids is 1. The number of nitrogen functional groups attached to an aromatic ring is 1. The Morgan fingerprint density at radius 3 is 2.67 bits per heavy atom. The summed E-state index contributed by atoms with van der Waals surface area (Å²) >= 11 is 3.34. The van der Waals surface area contributed by atoms with Gasteiger partial charge in [0.25, 0.3) is 5.91 Å². The first-order chi connectivity index (χ1) is 8.56. The van der Waals surface area contributed by atoms with Crippen molar-refractivity contribution in [3.63, 3.8) is 0 Å². The third-order valence-electron chi connectivity index (χ3n) is 2.19. The van der Waals surface area contributed by atoms with Crippen molar-refractivity contribution in [2.75, 3.05) is 11.1 Å². The lowest BCUT2D eigenvalue weighted by atomic mass is 10.3. The van der Waals surface area contributed by atoms with Gasteiger partial charge in [-0.3, -0.25) is 4.79 Å². The van der Waals surface area contributed by atoms with E-state index in [0.717, 1.165) is 10.0 Å². The molecule has 7 heteroatoms. The second-order valence-electron chi connectivity index (χ2n) is 3.60. The summed E-state index contributed by atoms with van der Waals surface area (Å²) in [5.41, 5.74) is 6.56. The van der Waals surface area contributed by atoms with Crippen molar-refractivity contribution < 1.29 is 4.79 Å². The zero-order valence-electron chi connectivity index (χ0n) is 9.51. The number of nitrogens with zero attached hydrogens (tertiary/aromatic N) is 3. The lowest BCUT2D eigenvalue weighted by molar-refractivity contribution is 0.102. The van der Waals surface area contributed by atoms with Gasteiger partial charge in [-0.15, -0.1) is 0 Å². The molecule has 0 aromatic carbocycles. The predicted molar refractivity (Wildman–Crippen MR) is 71.1 cm³/mol. The molecule has 0 radical (unpaired) electrons. The van der Waals surface area contributed by atoms with Gasteiger partial charge in [-0.05, 0) is 34.5 Å². The highest BCUT2D eigenvalue weighted by Gasteiger charge is 2.09. The van der Waals surface area contributed by atoms with Gasteiger partial charge in [-0.1, -0.05) is 0 Å². The molecule has 18 heavy (non-hydrogen) atoms. The molecule has 0 unspecified atom stereocenters. The van der Waals surface area contributed by atoms with Crippen LogP contribution >= 0.6 is 15.9 Å². The standard InChI is InChI=1S/C11H10BrN5O/c1-6-2-10(16-3-7(6)12)17-11(18)8-4-15-9(13)5-14-8/h2-5H,1H3,(H2,13,15)(H,16,17,18). The van der Waals surface area contributed by atoms with Crippen molar-refractivity contribution in [2.45, 2.75) is 6.92 Å². The van der Waals surface area contributed by atoms with Gasteiger partial charge in [0.2, 0.25) is 0 Å². The average Bonchev–Trinajstić information content (AvgIpc) is 2.34. The van der Waals surface area contributed by atoms with Crippen LogP contribution in [0.3, 0.4) is 0 Å². The van der Waals surface area contributed by atoms with Crippen molar-refractivity contribution in [1.29, 1.82) is 0 Å². The van der Waals surface area contributed by atoms with Gasteiger partial charge in [-0.2, -0.15) is 0 Å². The van der Waals surface area contributed by atoms with Crippen LogP contribution in [0, 0.1) is 6.92 Å². The van der Waals surface area contributed by atoms with Crippen molar-refractivity contribution in [2.24, 2.45) is 0 Å². The number of nitrogens with two attached hydrogens (primary N) is 1. The lowest BCUT2D eigenvalue weighted by Crippen LogP contribution is -2.15. The molecular formula is C11H10BrN5O. The van der Waals surface area contributed by atoms with E-state index in [2.05, 4.69) is 36.2 Å². The van der Waals surface area contributed by atoms with Crippen LogP contribution in [0.25, 0.3) is 0 Å². The minimum absolute atomic E-state index is 0.187. The Balaban J connectivity index is 2.16. The second-order valence-corrected chi connectivity index (χ2v) is 4.45. The molecule has 3 N–H and O–H groups in total. The topological polar surface area (TPSA) is 93.8 Å². The molecule has 0 bridgehead atoms. The molecule has 2 aromatic rings. The van der Waals surface area contributed by atoms with E-state index in [1.807, 2.05) is 6.92 Å². The van der Waals surface area contributed by atoms with Crippen molar-refractivity contribution in [3.05, 3.63) is 40.4 Å². The Morgan fingerprint density at radius 1 is 1.28 bits per heavy atom. The molecule has 2 heterocycles. The minimum atomic E-state index is -0.378. The van der Waals surface area contributed by atoms with E-state index >= 15 is 0 Å². The number of rotatable bonds is 2. The summed E-state index contributed by atoms with van der Waals surface area (Å²) in [7, 11) is 0. The second kappa shape index (κ2) is 5.09. The average molecular weight is 308 g/mol. The van der Waals surface area contributed by atoms with E-state index in [0.29, 0.717) is 5.82 Å². The van der Waals surface area contributed by atoms with Crippen LogP contribution < -0.4 is 11.1 Å². The number of halogens is 1. The Hall–Kier alpha value is -2.02. The van der Waals surface area contributed by atoms with Gasteiger partial charge in [0, 0.05) is 10.7 Å². The van der Waals surface area contributed by atoms with Crippen LogP contribution in [0.4, 0.5) is 11.6 Å². The molecule has 92 valence electrons. The van der Waals surface area contributed by atoms with Gasteiger partial charge in [0.15, 0.2) is 0 Å². The zero-order chi connectivity index (χ0) is 13.1. The number of anilines is 2. The van der Waals surface area contributed by atoms with Crippen molar-refractivity contribution in [1.82, 2.24) is 15.0 Å². The third-order valence-corrected chi connectivity index (χ3v) is 3.02. The van der Waals surface area contributed by atoms with Gasteiger partial charge in [-0.25, -0.2) is 15.0 Å². The first-order valence-corrected chi connectivity index (χ1v) is 5.86. The summed E-state index contributed by atoms with van der Waals surface area (Å²) in [5.74, 6) is 0.347. The molecule has 0 aliphatic heterocycles. The molecule has 1 amide bonds. The number of aromatic nitrogens is 3. The van der Waals surface area contributed by atoms with E-state index < -0.39 is 0 Å². The lowest BCUT2D eigenvalue weighted by Gasteiger charge is -2.05. The highest BCUT2D eigenvalue weighted by atomic mass is 79.9. The van der Waals surface area contributed by atoms with Gasteiger partial charge < -0.3 is 11.1 Å². The van der Waals surface area contributed by atoms with Crippen molar-refractivity contribution >= 4 is 33.5 Å². The normalized spacial score (nSPS) is 10.1. The number of carbonyl (C=O) groups is 1. The van der Waals surface area contributed by atoms with Crippen LogP contribution in [0.5, 0.6) is 0 Å². The number of hydrogen-bond donors (Lipinski definition) is 2. The third kappa shape index (κ3) is 2.80. The van der Waals surface area contributed by atoms with Crippen LogP contribution in [0.2, 0.25) is 0 Å². The van der Waals surface area contributed by atoms with Crippen LogP contribution in [-0.4, -0.2) is 20.9 Å². The summed E-state index contributed by atoms with van der Waals surface area (Å²) < 4.78 is 0.882. The van der Waals surface area contributed by atoms with E-state index in [4.69, 9.17) is 5.73 Å². The number of pyridine rings is 1. The molecule has 0 saturated heterocycles. The number of hydrogen-bond acceptors (Lipinski definition) is 5. The first kappa shape index (κ1) is 12.4. The highest BCUT2D eigenvalue weighted by Crippen LogP contribution is 2.17. The SMILES string of the molecule is Cc1cc(NC(=O)c2cnc(N)cn2)ncc1Br. The molecule has 2 aromatic heterocycles. The fourth-order valence-corrected chi connectivity index (χ4v) is 1.46. The molecule has 2 rings (SSSR count). The van der Waals surface area contributed by atoms with Crippen LogP contribution in [0.1, 0.15) is 16.1 Å². The maximum atomic E-state index is 11.8. The molecule has 0 saturated carbocycles. The zero-order valence-corrected chi connectivity index (χ0v) is 11.1. The Labute approximate surface area is 112 Å². The predicted octanol–water partition coefficient (Wildman–Crippen LogP) is 1.78. The molecule has 0 aliphatic rings.